The molecule has 1 N–H and O–H groups in total. The van der Waals surface area contributed by atoms with Gasteiger partial charge in [-0.05, 0) is 25.1 Å². The van der Waals surface area contributed by atoms with Crippen LogP contribution in [0.3, 0.4) is 0 Å². The number of ether oxygens (including phenoxy) is 1. The van der Waals surface area contributed by atoms with E-state index in [2.05, 4.69) is 10.3 Å². The number of hydrogen-bond acceptors (Lipinski definition) is 6. The van der Waals surface area contributed by atoms with Crippen molar-refractivity contribution in [1.82, 2.24) is 4.98 Å². The number of benzene rings is 1. The molecule has 7 heteroatoms. The van der Waals surface area contributed by atoms with E-state index in [1.807, 2.05) is 0 Å². The Balaban J connectivity index is 2.29. The zero-order valence-corrected chi connectivity index (χ0v) is 11.3. The van der Waals surface area contributed by atoms with Gasteiger partial charge in [-0.2, -0.15) is 0 Å². The van der Waals surface area contributed by atoms with Gasteiger partial charge in [-0.1, -0.05) is 6.07 Å². The molecular weight excluding hydrogens is 274 g/mol. The maximum absolute atomic E-state index is 11.8. The summed E-state index contributed by atoms with van der Waals surface area (Å²) in [5, 5.41) is 13.6. The molecule has 2 rings (SSSR count). The number of carbonyl (C=O) groups excluding carboxylic acids is 1. The van der Waals surface area contributed by atoms with Crippen molar-refractivity contribution in [2.24, 2.45) is 0 Å². The number of pyridine rings is 1. The minimum Gasteiger partial charge on any atom is -0.462 e. The molecule has 0 saturated carbocycles. The summed E-state index contributed by atoms with van der Waals surface area (Å²) in [6, 6.07) is 9.14. The molecular formula is C14H13N3O4. The number of esters is 1. The molecule has 1 heterocycles. The average Bonchev–Trinajstić information content (AvgIpc) is 2.48. The summed E-state index contributed by atoms with van der Waals surface area (Å²) in [7, 11) is 0. The van der Waals surface area contributed by atoms with Gasteiger partial charge >= 0.3 is 5.97 Å². The highest BCUT2D eigenvalue weighted by molar-refractivity contribution is 5.95. The second kappa shape index (κ2) is 6.47. The maximum atomic E-state index is 11.8. The first-order chi connectivity index (χ1) is 10.1. The van der Waals surface area contributed by atoms with Crippen LogP contribution in [0, 0.1) is 10.1 Å². The number of nitro groups is 1. The molecule has 0 amide bonds. The molecule has 0 aliphatic rings. The van der Waals surface area contributed by atoms with Gasteiger partial charge in [0.25, 0.3) is 5.69 Å². The highest BCUT2D eigenvalue weighted by Crippen LogP contribution is 2.22. The van der Waals surface area contributed by atoms with Crippen LogP contribution in [-0.4, -0.2) is 22.5 Å². The third-order valence-electron chi connectivity index (χ3n) is 2.62. The molecule has 0 saturated heterocycles. The predicted octanol–water partition coefficient (Wildman–Crippen LogP) is 2.91. The fourth-order valence-electron chi connectivity index (χ4n) is 1.71. The van der Waals surface area contributed by atoms with E-state index < -0.39 is 10.9 Å². The Bertz CT molecular complexity index is 673. The van der Waals surface area contributed by atoms with Gasteiger partial charge in [0.1, 0.15) is 11.4 Å². The standard InChI is InChI=1S/C14H13N3O4/c1-2-21-14(18)12-7-4-8-15-13(12)16-10-5-3-6-11(9-10)17(19)20/h3-9H,2H2,1H3,(H,15,16). The SMILES string of the molecule is CCOC(=O)c1cccnc1Nc1cccc([N+](=O)[O-])c1. The Labute approximate surface area is 120 Å². The van der Waals surface area contributed by atoms with Gasteiger partial charge in [-0.3, -0.25) is 10.1 Å². The van der Waals surface area contributed by atoms with E-state index in [1.54, 1.807) is 31.2 Å². The minimum absolute atomic E-state index is 0.0476. The summed E-state index contributed by atoms with van der Waals surface area (Å²) in [4.78, 5) is 26.2. The lowest BCUT2D eigenvalue weighted by molar-refractivity contribution is -0.384. The third-order valence-corrected chi connectivity index (χ3v) is 2.62. The summed E-state index contributed by atoms with van der Waals surface area (Å²) >= 11 is 0. The fraction of sp³-hybridized carbons (Fsp3) is 0.143. The molecule has 108 valence electrons. The van der Waals surface area contributed by atoms with E-state index in [4.69, 9.17) is 4.74 Å². The molecule has 0 unspecified atom stereocenters. The van der Waals surface area contributed by atoms with Crippen LogP contribution in [-0.2, 0) is 4.74 Å². The predicted molar refractivity (Wildman–Crippen MR) is 76.6 cm³/mol. The number of anilines is 2. The largest absolute Gasteiger partial charge is 0.462 e. The smallest absolute Gasteiger partial charge is 0.341 e. The van der Waals surface area contributed by atoms with Gasteiger partial charge < -0.3 is 10.1 Å². The average molecular weight is 287 g/mol. The van der Waals surface area contributed by atoms with Crippen LogP contribution in [0.5, 0.6) is 0 Å². The van der Waals surface area contributed by atoms with E-state index in [0.717, 1.165) is 0 Å². The van der Waals surface area contributed by atoms with Crippen LogP contribution in [0.25, 0.3) is 0 Å². The van der Waals surface area contributed by atoms with E-state index >= 15 is 0 Å². The van der Waals surface area contributed by atoms with Crippen molar-refractivity contribution in [3.8, 4) is 0 Å². The number of non-ortho nitro benzene ring substituents is 1. The number of nitrogens with one attached hydrogen (secondary N) is 1. The van der Waals surface area contributed by atoms with Crippen LogP contribution < -0.4 is 5.32 Å². The van der Waals surface area contributed by atoms with Crippen molar-refractivity contribution >= 4 is 23.2 Å². The first-order valence-electron chi connectivity index (χ1n) is 6.25. The molecule has 1 aromatic carbocycles. The molecule has 7 nitrogen and oxygen atoms in total. The van der Waals surface area contributed by atoms with Crippen molar-refractivity contribution < 1.29 is 14.5 Å². The molecule has 0 radical (unpaired) electrons. The van der Waals surface area contributed by atoms with Crippen molar-refractivity contribution in [1.29, 1.82) is 0 Å². The Morgan fingerprint density at radius 1 is 1.38 bits per heavy atom. The number of nitrogens with zero attached hydrogens (tertiary/aromatic N) is 2. The Hall–Kier alpha value is -2.96. The summed E-state index contributed by atoms with van der Waals surface area (Å²) < 4.78 is 4.94. The summed E-state index contributed by atoms with van der Waals surface area (Å²) in [5.41, 5.74) is 0.688. The van der Waals surface area contributed by atoms with Crippen LogP contribution in [0.4, 0.5) is 17.2 Å². The Morgan fingerprint density at radius 2 is 2.19 bits per heavy atom. The van der Waals surface area contributed by atoms with Crippen LogP contribution in [0.15, 0.2) is 42.6 Å². The molecule has 0 atom stereocenters. The Kier molecular flexibility index (Phi) is 4.45. The summed E-state index contributed by atoms with van der Waals surface area (Å²) in [6.07, 6.45) is 1.52. The van der Waals surface area contributed by atoms with Gasteiger partial charge in [-0.25, -0.2) is 9.78 Å². The quantitative estimate of drug-likeness (QED) is 0.516. The van der Waals surface area contributed by atoms with Gasteiger partial charge in [0, 0.05) is 24.0 Å². The van der Waals surface area contributed by atoms with Crippen LogP contribution in [0.2, 0.25) is 0 Å². The second-order valence-electron chi connectivity index (χ2n) is 4.05. The molecule has 0 spiro atoms. The molecule has 0 bridgehead atoms. The highest BCUT2D eigenvalue weighted by atomic mass is 16.6. The number of hydrogen-bond donors (Lipinski definition) is 1. The fourth-order valence-corrected chi connectivity index (χ4v) is 1.71. The number of carbonyl (C=O) groups is 1. The second-order valence-corrected chi connectivity index (χ2v) is 4.05. The van der Waals surface area contributed by atoms with E-state index in [1.165, 1.54) is 18.3 Å². The summed E-state index contributed by atoms with van der Waals surface area (Å²) in [6.45, 7) is 1.96. The molecule has 0 aliphatic carbocycles. The molecule has 0 aliphatic heterocycles. The lowest BCUT2D eigenvalue weighted by atomic mass is 10.2. The van der Waals surface area contributed by atoms with Crippen molar-refractivity contribution in [3.05, 3.63) is 58.3 Å². The van der Waals surface area contributed by atoms with Crippen LogP contribution in [0.1, 0.15) is 17.3 Å². The zero-order chi connectivity index (χ0) is 15.2. The molecule has 0 fully saturated rings. The van der Waals surface area contributed by atoms with Crippen molar-refractivity contribution in [2.75, 3.05) is 11.9 Å². The summed E-state index contributed by atoms with van der Waals surface area (Å²) in [5.74, 6) is -0.213. The third kappa shape index (κ3) is 3.53. The monoisotopic (exact) mass is 287 g/mol. The maximum Gasteiger partial charge on any atom is 0.341 e. The molecule has 1 aromatic heterocycles. The number of aromatic nitrogens is 1. The first-order valence-corrected chi connectivity index (χ1v) is 6.25. The zero-order valence-electron chi connectivity index (χ0n) is 11.3. The molecule has 21 heavy (non-hydrogen) atoms. The topological polar surface area (TPSA) is 94.4 Å². The van der Waals surface area contributed by atoms with Gasteiger partial charge in [-0.15, -0.1) is 0 Å². The normalized spacial score (nSPS) is 9.95. The van der Waals surface area contributed by atoms with Gasteiger partial charge in [0.2, 0.25) is 0 Å². The number of nitro benzene ring substituents is 1. The van der Waals surface area contributed by atoms with E-state index in [0.29, 0.717) is 5.69 Å². The van der Waals surface area contributed by atoms with Gasteiger partial charge in [0.15, 0.2) is 0 Å². The minimum atomic E-state index is -0.501. The Morgan fingerprint density at radius 3 is 2.90 bits per heavy atom. The number of rotatable bonds is 5. The first kappa shape index (κ1) is 14.4. The van der Waals surface area contributed by atoms with Crippen molar-refractivity contribution in [3.63, 3.8) is 0 Å². The lowest BCUT2D eigenvalue weighted by Crippen LogP contribution is -2.09. The van der Waals surface area contributed by atoms with Crippen molar-refractivity contribution in [2.45, 2.75) is 6.92 Å². The van der Waals surface area contributed by atoms with E-state index in [9.17, 15) is 14.9 Å². The lowest BCUT2D eigenvalue weighted by Gasteiger charge is -2.09. The highest BCUT2D eigenvalue weighted by Gasteiger charge is 2.14. The van der Waals surface area contributed by atoms with E-state index in [-0.39, 0.29) is 23.7 Å². The van der Waals surface area contributed by atoms with Gasteiger partial charge in [0.05, 0.1) is 11.5 Å². The molecule has 2 aromatic rings. The van der Waals surface area contributed by atoms with Crippen LogP contribution >= 0.6 is 0 Å².